The largest absolute Gasteiger partial charge is 0.340 e. The van der Waals surface area contributed by atoms with Crippen molar-refractivity contribution >= 4 is 17.5 Å². The molecule has 1 N–H and O–H groups in total. The zero-order chi connectivity index (χ0) is 17.6. The number of carbonyl (C=O) groups excluding carboxylic acids is 1. The van der Waals surface area contributed by atoms with E-state index in [4.69, 9.17) is 0 Å². The number of hydrogen-bond acceptors (Lipinski definition) is 4. The molecule has 1 aromatic carbocycles. The number of amides is 1. The highest BCUT2D eigenvalue weighted by atomic mass is 16.1. The molecule has 0 spiro atoms. The van der Waals surface area contributed by atoms with Gasteiger partial charge in [-0.2, -0.15) is 0 Å². The lowest BCUT2D eigenvalue weighted by atomic mass is 9.96. The van der Waals surface area contributed by atoms with Gasteiger partial charge in [-0.15, -0.1) is 0 Å². The van der Waals surface area contributed by atoms with E-state index < -0.39 is 0 Å². The van der Waals surface area contributed by atoms with Gasteiger partial charge < -0.3 is 10.2 Å². The number of rotatable bonds is 5. The Morgan fingerprint density at radius 2 is 1.84 bits per heavy atom. The second kappa shape index (κ2) is 8.10. The Morgan fingerprint density at radius 3 is 2.48 bits per heavy atom. The predicted octanol–water partition coefficient (Wildman–Crippen LogP) is 3.46. The number of nitrogens with one attached hydrogen (secondary N) is 1. The molecule has 0 unspecified atom stereocenters. The molecule has 1 amide bonds. The van der Waals surface area contributed by atoms with Gasteiger partial charge >= 0.3 is 0 Å². The number of para-hydroxylation sites is 1. The molecule has 1 aliphatic heterocycles. The molecule has 5 nitrogen and oxygen atoms in total. The number of piperidine rings is 1. The van der Waals surface area contributed by atoms with Gasteiger partial charge in [0.2, 0.25) is 11.9 Å². The Bertz CT molecular complexity index is 695. The molecule has 0 saturated carbocycles. The van der Waals surface area contributed by atoms with Crippen LogP contribution in [-0.2, 0) is 17.6 Å². The molecule has 1 aromatic heterocycles. The van der Waals surface area contributed by atoms with Crippen LogP contribution < -0.4 is 10.2 Å². The van der Waals surface area contributed by atoms with Crippen LogP contribution in [0.4, 0.5) is 11.6 Å². The van der Waals surface area contributed by atoms with Crippen molar-refractivity contribution in [3.05, 3.63) is 47.8 Å². The second-order valence-electron chi connectivity index (χ2n) is 6.48. The van der Waals surface area contributed by atoms with Crippen molar-refractivity contribution in [3.8, 4) is 0 Å². The summed E-state index contributed by atoms with van der Waals surface area (Å²) in [5.74, 6) is 0.784. The van der Waals surface area contributed by atoms with Gasteiger partial charge in [-0.3, -0.25) is 4.79 Å². The summed E-state index contributed by atoms with van der Waals surface area (Å²) in [6, 6.07) is 8.08. The number of carbonyl (C=O) groups is 1. The molecular formula is C20H26N4O. The lowest BCUT2D eigenvalue weighted by Gasteiger charge is -2.32. The summed E-state index contributed by atoms with van der Waals surface area (Å²) < 4.78 is 0. The summed E-state index contributed by atoms with van der Waals surface area (Å²) in [7, 11) is 0. The molecule has 5 heteroatoms. The van der Waals surface area contributed by atoms with E-state index in [-0.39, 0.29) is 11.8 Å². The van der Waals surface area contributed by atoms with Crippen molar-refractivity contribution in [1.29, 1.82) is 0 Å². The molecule has 3 rings (SSSR count). The molecule has 1 aliphatic rings. The van der Waals surface area contributed by atoms with Crippen LogP contribution in [0, 0.1) is 5.92 Å². The first-order chi connectivity index (χ1) is 12.2. The van der Waals surface area contributed by atoms with Crippen LogP contribution in [0.25, 0.3) is 0 Å². The molecule has 1 saturated heterocycles. The van der Waals surface area contributed by atoms with Crippen LogP contribution in [0.2, 0.25) is 0 Å². The molecule has 2 aromatic rings. The van der Waals surface area contributed by atoms with Crippen LogP contribution in [-0.4, -0.2) is 29.0 Å². The Hall–Kier alpha value is -2.43. The summed E-state index contributed by atoms with van der Waals surface area (Å²) in [4.78, 5) is 23.6. The molecule has 1 fully saturated rings. The molecular weight excluding hydrogens is 312 g/mol. The first kappa shape index (κ1) is 17.4. The third-order valence-corrected chi connectivity index (χ3v) is 4.87. The van der Waals surface area contributed by atoms with Gasteiger partial charge in [-0.05, 0) is 42.9 Å². The summed E-state index contributed by atoms with van der Waals surface area (Å²) in [5, 5.41) is 3.22. The lowest BCUT2D eigenvalue weighted by Crippen LogP contribution is -2.41. The van der Waals surface area contributed by atoms with Crippen molar-refractivity contribution in [1.82, 2.24) is 9.97 Å². The standard InChI is InChI=1S/C20H26N4O/c1-3-15-8-5-9-16(4-2)18(15)23-19(25)17-10-6-13-24(14-17)20-21-11-7-12-22-20/h5,7-9,11-12,17H,3-4,6,10,13-14H2,1-2H3,(H,23,25)/t17-/m1/s1. The normalized spacial score (nSPS) is 17.4. The van der Waals surface area contributed by atoms with E-state index in [1.165, 1.54) is 11.1 Å². The molecule has 0 radical (unpaired) electrons. The van der Waals surface area contributed by atoms with Crippen LogP contribution in [0.15, 0.2) is 36.7 Å². The minimum absolute atomic E-state index is 0.0350. The highest BCUT2D eigenvalue weighted by Crippen LogP contribution is 2.26. The smallest absolute Gasteiger partial charge is 0.229 e. The Kier molecular flexibility index (Phi) is 5.64. The summed E-state index contributed by atoms with van der Waals surface area (Å²) in [6.07, 6.45) is 7.21. The number of benzene rings is 1. The van der Waals surface area contributed by atoms with Crippen LogP contribution in [0.5, 0.6) is 0 Å². The van der Waals surface area contributed by atoms with Gasteiger partial charge in [0.15, 0.2) is 0 Å². The van der Waals surface area contributed by atoms with E-state index >= 15 is 0 Å². The predicted molar refractivity (Wildman–Crippen MR) is 101 cm³/mol. The van der Waals surface area contributed by atoms with Gasteiger partial charge in [0.25, 0.3) is 0 Å². The minimum Gasteiger partial charge on any atom is -0.340 e. The maximum atomic E-state index is 12.9. The number of aromatic nitrogens is 2. The lowest BCUT2D eigenvalue weighted by molar-refractivity contribution is -0.120. The Labute approximate surface area is 149 Å². The number of aryl methyl sites for hydroxylation is 2. The van der Waals surface area contributed by atoms with E-state index in [1.54, 1.807) is 12.4 Å². The van der Waals surface area contributed by atoms with E-state index in [0.29, 0.717) is 12.5 Å². The van der Waals surface area contributed by atoms with E-state index in [2.05, 4.69) is 52.2 Å². The Balaban J connectivity index is 1.73. The maximum absolute atomic E-state index is 12.9. The zero-order valence-corrected chi connectivity index (χ0v) is 15.0. The van der Waals surface area contributed by atoms with E-state index in [0.717, 1.165) is 37.9 Å². The van der Waals surface area contributed by atoms with Gasteiger partial charge in [0, 0.05) is 31.2 Å². The average Bonchev–Trinajstić information content (AvgIpc) is 2.69. The summed E-state index contributed by atoms with van der Waals surface area (Å²) in [6.45, 7) is 5.82. The molecule has 0 bridgehead atoms. The fourth-order valence-corrected chi connectivity index (χ4v) is 3.46. The molecule has 0 aliphatic carbocycles. The highest BCUT2D eigenvalue weighted by molar-refractivity contribution is 5.94. The number of nitrogens with zero attached hydrogens (tertiary/aromatic N) is 3. The number of hydrogen-bond donors (Lipinski definition) is 1. The first-order valence-corrected chi connectivity index (χ1v) is 9.16. The SMILES string of the molecule is CCc1cccc(CC)c1NC(=O)[C@@H]1CCCN(c2ncccn2)C1. The molecule has 132 valence electrons. The zero-order valence-electron chi connectivity index (χ0n) is 15.0. The topological polar surface area (TPSA) is 58.1 Å². The summed E-state index contributed by atoms with van der Waals surface area (Å²) in [5.41, 5.74) is 3.41. The summed E-state index contributed by atoms with van der Waals surface area (Å²) >= 11 is 0. The van der Waals surface area contributed by atoms with Crippen molar-refractivity contribution < 1.29 is 4.79 Å². The third kappa shape index (κ3) is 3.98. The van der Waals surface area contributed by atoms with Crippen LogP contribution in [0.3, 0.4) is 0 Å². The quantitative estimate of drug-likeness (QED) is 0.907. The van der Waals surface area contributed by atoms with Gasteiger partial charge in [-0.1, -0.05) is 32.0 Å². The second-order valence-corrected chi connectivity index (χ2v) is 6.48. The highest BCUT2D eigenvalue weighted by Gasteiger charge is 2.27. The van der Waals surface area contributed by atoms with Crippen molar-refractivity contribution in [2.24, 2.45) is 5.92 Å². The first-order valence-electron chi connectivity index (χ1n) is 9.16. The van der Waals surface area contributed by atoms with Gasteiger partial charge in [0.05, 0.1) is 5.92 Å². The van der Waals surface area contributed by atoms with E-state index in [1.807, 2.05) is 6.07 Å². The minimum atomic E-state index is -0.0350. The van der Waals surface area contributed by atoms with Crippen LogP contribution >= 0.6 is 0 Å². The number of anilines is 2. The molecule has 25 heavy (non-hydrogen) atoms. The maximum Gasteiger partial charge on any atom is 0.229 e. The van der Waals surface area contributed by atoms with E-state index in [9.17, 15) is 4.79 Å². The monoisotopic (exact) mass is 338 g/mol. The molecule has 1 atom stereocenters. The van der Waals surface area contributed by atoms with Gasteiger partial charge in [-0.25, -0.2) is 9.97 Å². The van der Waals surface area contributed by atoms with Gasteiger partial charge in [0.1, 0.15) is 0 Å². The Morgan fingerprint density at radius 1 is 1.16 bits per heavy atom. The van der Waals surface area contributed by atoms with Crippen molar-refractivity contribution in [2.45, 2.75) is 39.5 Å². The van der Waals surface area contributed by atoms with Crippen molar-refractivity contribution in [2.75, 3.05) is 23.3 Å². The van der Waals surface area contributed by atoms with Crippen molar-refractivity contribution in [3.63, 3.8) is 0 Å². The average molecular weight is 338 g/mol. The fourth-order valence-electron chi connectivity index (χ4n) is 3.46. The van der Waals surface area contributed by atoms with Crippen LogP contribution in [0.1, 0.15) is 37.8 Å². The third-order valence-electron chi connectivity index (χ3n) is 4.87. The molecule has 2 heterocycles. The fraction of sp³-hybridized carbons (Fsp3) is 0.450.